The molecule has 1 fully saturated rings. The summed E-state index contributed by atoms with van der Waals surface area (Å²) in [6, 6.07) is 5.21. The first-order valence-electron chi connectivity index (χ1n) is 7.97. The number of benzene rings is 1. The Morgan fingerprint density at radius 3 is 2.67 bits per heavy atom. The summed E-state index contributed by atoms with van der Waals surface area (Å²) in [5.74, 6) is 1.70. The van der Waals surface area contributed by atoms with Gasteiger partial charge in [0.2, 0.25) is 0 Å². The molecule has 1 aliphatic rings. The molecule has 1 aliphatic carbocycles. The molecule has 21 heavy (non-hydrogen) atoms. The molecule has 0 amide bonds. The van der Waals surface area contributed by atoms with Crippen LogP contribution in [0.3, 0.4) is 0 Å². The molecular formula is C18H28FNO. The van der Waals surface area contributed by atoms with E-state index in [2.05, 4.69) is 20.8 Å². The van der Waals surface area contributed by atoms with E-state index in [-0.39, 0.29) is 11.4 Å². The monoisotopic (exact) mass is 293 g/mol. The van der Waals surface area contributed by atoms with Crippen LogP contribution in [0.2, 0.25) is 0 Å². The van der Waals surface area contributed by atoms with Crippen molar-refractivity contribution in [2.45, 2.75) is 52.0 Å². The van der Waals surface area contributed by atoms with Gasteiger partial charge in [-0.15, -0.1) is 0 Å². The van der Waals surface area contributed by atoms with Gasteiger partial charge in [0.15, 0.2) is 11.6 Å². The third-order valence-electron chi connectivity index (χ3n) is 4.99. The van der Waals surface area contributed by atoms with Gasteiger partial charge in [-0.25, -0.2) is 4.39 Å². The maximum Gasteiger partial charge on any atom is 0.165 e. The zero-order valence-corrected chi connectivity index (χ0v) is 13.7. The summed E-state index contributed by atoms with van der Waals surface area (Å²) in [5.41, 5.74) is 7.53. The summed E-state index contributed by atoms with van der Waals surface area (Å²) in [6.45, 7) is 6.76. The van der Waals surface area contributed by atoms with Crippen LogP contribution in [0.4, 0.5) is 4.39 Å². The van der Waals surface area contributed by atoms with Crippen LogP contribution in [0.15, 0.2) is 18.2 Å². The Morgan fingerprint density at radius 1 is 1.38 bits per heavy atom. The van der Waals surface area contributed by atoms with Crippen LogP contribution in [0.5, 0.6) is 5.75 Å². The maximum atomic E-state index is 13.9. The van der Waals surface area contributed by atoms with E-state index in [1.54, 1.807) is 12.1 Å². The molecule has 2 nitrogen and oxygen atoms in total. The highest BCUT2D eigenvalue weighted by Gasteiger charge is 2.41. The molecular weight excluding hydrogens is 265 g/mol. The normalized spacial score (nSPS) is 29.7. The molecule has 118 valence electrons. The van der Waals surface area contributed by atoms with E-state index in [1.807, 2.05) is 6.07 Å². The van der Waals surface area contributed by atoms with Crippen LogP contribution < -0.4 is 10.5 Å². The summed E-state index contributed by atoms with van der Waals surface area (Å²) in [5, 5.41) is 0. The number of hydrogen-bond acceptors (Lipinski definition) is 2. The summed E-state index contributed by atoms with van der Waals surface area (Å²) in [7, 11) is 1.49. The Bertz CT molecular complexity index is 488. The summed E-state index contributed by atoms with van der Waals surface area (Å²) >= 11 is 0. The lowest BCUT2D eigenvalue weighted by atomic mass is 9.63. The minimum absolute atomic E-state index is 0.229. The van der Waals surface area contributed by atoms with Gasteiger partial charge in [0.05, 0.1) is 7.11 Å². The number of halogens is 1. The largest absolute Gasteiger partial charge is 0.494 e. The fourth-order valence-electron chi connectivity index (χ4n) is 4.05. The number of methoxy groups -OCH3 is 1. The molecule has 0 radical (unpaired) electrons. The van der Waals surface area contributed by atoms with Crippen molar-refractivity contribution in [2.24, 2.45) is 23.5 Å². The fraction of sp³-hybridized carbons (Fsp3) is 0.667. The van der Waals surface area contributed by atoms with Crippen LogP contribution >= 0.6 is 0 Å². The van der Waals surface area contributed by atoms with E-state index in [4.69, 9.17) is 10.5 Å². The first-order valence-corrected chi connectivity index (χ1v) is 7.97. The molecule has 0 aliphatic heterocycles. The van der Waals surface area contributed by atoms with Gasteiger partial charge in [0.25, 0.3) is 0 Å². The molecule has 0 bridgehead atoms. The smallest absolute Gasteiger partial charge is 0.165 e. The molecule has 2 N–H and O–H groups in total. The molecule has 0 spiro atoms. The van der Waals surface area contributed by atoms with Crippen molar-refractivity contribution in [3.63, 3.8) is 0 Å². The van der Waals surface area contributed by atoms with Crippen LogP contribution in [0, 0.1) is 23.6 Å². The Morgan fingerprint density at radius 2 is 2.10 bits per heavy atom. The van der Waals surface area contributed by atoms with E-state index in [0.717, 1.165) is 18.4 Å². The van der Waals surface area contributed by atoms with Crippen molar-refractivity contribution in [2.75, 3.05) is 7.11 Å². The second kappa shape index (κ2) is 6.35. The van der Waals surface area contributed by atoms with Gasteiger partial charge in [-0.3, -0.25) is 0 Å². The van der Waals surface area contributed by atoms with Gasteiger partial charge in [0, 0.05) is 5.54 Å². The Balaban J connectivity index is 2.23. The quantitative estimate of drug-likeness (QED) is 0.904. The highest BCUT2D eigenvalue weighted by atomic mass is 19.1. The second-order valence-corrected chi connectivity index (χ2v) is 7.12. The van der Waals surface area contributed by atoms with Crippen molar-refractivity contribution in [1.29, 1.82) is 0 Å². The van der Waals surface area contributed by atoms with Gasteiger partial charge in [0.1, 0.15) is 0 Å². The van der Waals surface area contributed by atoms with Gasteiger partial charge in [-0.05, 0) is 54.7 Å². The van der Waals surface area contributed by atoms with Crippen molar-refractivity contribution < 1.29 is 9.13 Å². The molecule has 1 aromatic carbocycles. The lowest BCUT2D eigenvalue weighted by Gasteiger charge is -2.46. The van der Waals surface area contributed by atoms with E-state index in [1.165, 1.54) is 20.0 Å². The van der Waals surface area contributed by atoms with Crippen molar-refractivity contribution in [3.8, 4) is 5.75 Å². The van der Waals surface area contributed by atoms with Gasteiger partial charge in [-0.1, -0.05) is 33.3 Å². The lowest BCUT2D eigenvalue weighted by molar-refractivity contribution is 0.109. The molecule has 0 heterocycles. The highest BCUT2D eigenvalue weighted by Crippen LogP contribution is 2.41. The molecule has 0 saturated heterocycles. The molecule has 3 atom stereocenters. The van der Waals surface area contributed by atoms with E-state index in [0.29, 0.717) is 23.5 Å². The van der Waals surface area contributed by atoms with Gasteiger partial charge >= 0.3 is 0 Å². The minimum Gasteiger partial charge on any atom is -0.494 e. The molecule has 1 saturated carbocycles. The molecule has 2 rings (SSSR count). The number of rotatable bonds is 4. The Hall–Kier alpha value is -1.09. The predicted octanol–water partition coefficient (Wildman–Crippen LogP) is 4.17. The zero-order valence-electron chi connectivity index (χ0n) is 13.7. The number of ether oxygens (including phenoxy) is 1. The highest BCUT2D eigenvalue weighted by molar-refractivity contribution is 5.30. The average Bonchev–Trinajstić information content (AvgIpc) is 2.37. The first-order chi connectivity index (χ1) is 9.85. The summed E-state index contributed by atoms with van der Waals surface area (Å²) in [6.07, 6.45) is 4.18. The maximum absolute atomic E-state index is 13.9. The van der Waals surface area contributed by atoms with Crippen LogP contribution in [-0.2, 0) is 6.42 Å². The molecule has 3 unspecified atom stereocenters. The first kappa shape index (κ1) is 16.3. The third-order valence-corrected chi connectivity index (χ3v) is 4.99. The van der Waals surface area contributed by atoms with E-state index < -0.39 is 0 Å². The summed E-state index contributed by atoms with van der Waals surface area (Å²) in [4.78, 5) is 0. The van der Waals surface area contributed by atoms with Gasteiger partial charge < -0.3 is 10.5 Å². The van der Waals surface area contributed by atoms with Crippen molar-refractivity contribution >= 4 is 0 Å². The predicted molar refractivity (Wildman–Crippen MR) is 84.9 cm³/mol. The SMILES string of the molecule is COc1ccc(CC2(N)CC(C)CCC2C(C)C)cc1F. The van der Waals surface area contributed by atoms with Crippen LogP contribution in [-0.4, -0.2) is 12.6 Å². The molecule has 1 aromatic rings. The zero-order chi connectivity index (χ0) is 15.6. The van der Waals surface area contributed by atoms with E-state index >= 15 is 0 Å². The molecule has 0 aromatic heterocycles. The Kier molecular flexibility index (Phi) is 4.92. The number of hydrogen-bond donors (Lipinski definition) is 1. The Labute approximate surface area is 127 Å². The summed E-state index contributed by atoms with van der Waals surface area (Å²) < 4.78 is 18.9. The van der Waals surface area contributed by atoms with E-state index in [9.17, 15) is 4.39 Å². The standard InChI is InChI=1S/C18H28FNO/c1-12(2)15-7-5-13(3)10-18(15,20)11-14-6-8-17(21-4)16(19)9-14/h6,8-9,12-13,15H,5,7,10-11,20H2,1-4H3. The third kappa shape index (κ3) is 3.57. The topological polar surface area (TPSA) is 35.2 Å². The van der Waals surface area contributed by atoms with Gasteiger partial charge in [-0.2, -0.15) is 0 Å². The van der Waals surface area contributed by atoms with Crippen LogP contribution in [0.1, 0.15) is 45.6 Å². The lowest BCUT2D eigenvalue weighted by Crippen LogP contribution is -2.54. The second-order valence-electron chi connectivity index (χ2n) is 7.12. The van der Waals surface area contributed by atoms with Crippen molar-refractivity contribution in [3.05, 3.63) is 29.6 Å². The minimum atomic E-state index is -0.302. The average molecular weight is 293 g/mol. The van der Waals surface area contributed by atoms with Crippen molar-refractivity contribution in [1.82, 2.24) is 0 Å². The fourth-order valence-corrected chi connectivity index (χ4v) is 4.05. The number of nitrogens with two attached hydrogens (primary N) is 1. The van der Waals surface area contributed by atoms with Crippen LogP contribution in [0.25, 0.3) is 0 Å². The molecule has 3 heteroatoms.